The fourth-order valence-corrected chi connectivity index (χ4v) is 7.49. The minimum absolute atomic E-state index is 0.509. The van der Waals surface area contributed by atoms with E-state index in [1.807, 2.05) is 0 Å². The maximum Gasteiger partial charge on any atom is 0.417 e. The van der Waals surface area contributed by atoms with Crippen molar-refractivity contribution in [3.63, 3.8) is 0 Å². The summed E-state index contributed by atoms with van der Waals surface area (Å²) < 4.78 is 11.9. The van der Waals surface area contributed by atoms with Crippen LogP contribution in [0, 0.1) is 6.92 Å². The van der Waals surface area contributed by atoms with Gasteiger partial charge in [-0.2, -0.15) is 0 Å². The molecule has 1 spiro atoms. The van der Waals surface area contributed by atoms with Crippen LogP contribution in [0.1, 0.15) is 41.7 Å². The van der Waals surface area contributed by atoms with Crippen molar-refractivity contribution in [1.29, 1.82) is 0 Å². The molecular weight excluding hydrogens is 464 g/mol. The highest BCUT2D eigenvalue weighted by Crippen LogP contribution is 2.51. The molecule has 0 radical (unpaired) electrons. The van der Waals surface area contributed by atoms with E-state index >= 15 is 0 Å². The molecule has 1 aliphatic carbocycles. The number of benzene rings is 3. The Hall–Kier alpha value is -4.50. The first-order chi connectivity index (χ1) is 18.6. The third-order valence-electron chi connectivity index (χ3n) is 9.23. The highest BCUT2D eigenvalue weighted by Gasteiger charge is 2.67. The van der Waals surface area contributed by atoms with Crippen LogP contribution in [-0.4, -0.2) is 0 Å². The number of nitrogens with zero attached hydrogens (tertiary/aromatic N) is 2. The summed E-state index contributed by atoms with van der Waals surface area (Å²) in [6.07, 6.45) is 5.55. The number of furan rings is 1. The predicted molar refractivity (Wildman–Crippen MR) is 150 cm³/mol. The first-order valence-corrected chi connectivity index (χ1v) is 13.4. The zero-order valence-electron chi connectivity index (χ0n) is 21.7. The minimum atomic E-state index is -0.509. The molecule has 1 unspecified atom stereocenters. The van der Waals surface area contributed by atoms with Crippen LogP contribution in [0.4, 0.5) is 0 Å². The van der Waals surface area contributed by atoms with Crippen molar-refractivity contribution in [2.75, 3.05) is 0 Å². The van der Waals surface area contributed by atoms with Crippen LogP contribution in [-0.2, 0) is 12.1 Å². The molecule has 0 bridgehead atoms. The second-order valence-corrected chi connectivity index (χ2v) is 11.2. The van der Waals surface area contributed by atoms with Crippen molar-refractivity contribution in [2.24, 2.45) is 0 Å². The molecular formula is C35H26N2O+2. The molecule has 38 heavy (non-hydrogen) atoms. The van der Waals surface area contributed by atoms with Crippen molar-refractivity contribution >= 4 is 27.5 Å². The van der Waals surface area contributed by atoms with Crippen LogP contribution in [0.25, 0.3) is 50.0 Å². The second kappa shape index (κ2) is 6.68. The molecule has 3 aromatic heterocycles. The van der Waals surface area contributed by atoms with Gasteiger partial charge in [-0.15, -0.1) is 9.13 Å². The smallest absolute Gasteiger partial charge is 0.417 e. The zero-order chi connectivity index (χ0) is 25.3. The van der Waals surface area contributed by atoms with Gasteiger partial charge in [-0.1, -0.05) is 29.8 Å². The van der Waals surface area contributed by atoms with Crippen molar-refractivity contribution in [3.05, 3.63) is 125 Å². The molecule has 0 saturated heterocycles. The summed E-state index contributed by atoms with van der Waals surface area (Å²) in [4.78, 5) is 0. The Morgan fingerprint density at radius 3 is 2.37 bits per heavy atom. The number of rotatable bonds is 0. The van der Waals surface area contributed by atoms with Crippen molar-refractivity contribution in [2.45, 2.75) is 32.9 Å². The van der Waals surface area contributed by atoms with E-state index in [9.17, 15) is 0 Å². The van der Waals surface area contributed by atoms with Gasteiger partial charge in [0.15, 0.2) is 12.4 Å². The lowest BCUT2D eigenvalue weighted by molar-refractivity contribution is -0.955. The van der Waals surface area contributed by atoms with Crippen LogP contribution < -0.4 is 9.13 Å². The number of aryl methyl sites for hydroxylation is 1. The third kappa shape index (κ3) is 2.16. The molecule has 180 valence electrons. The Bertz CT molecular complexity index is 2050. The Morgan fingerprint density at radius 2 is 1.47 bits per heavy atom. The first kappa shape index (κ1) is 20.5. The third-order valence-corrected chi connectivity index (χ3v) is 9.23. The van der Waals surface area contributed by atoms with E-state index in [0.717, 1.165) is 17.6 Å². The second-order valence-electron chi connectivity index (χ2n) is 11.2. The molecule has 5 heterocycles. The standard InChI is InChI=1S/C35H26N2O/c1-20-11-16-30-32-28(15-14-25-24-13-12-23-18-21(2)22(3)31(23)33(24)38-34(25)32)35(37(30)19-20)27-9-5-4-8-26(27)29-10-6-7-17-36(29)35/h4-17,19H,18H2,1-3H3/q+2. The van der Waals surface area contributed by atoms with Gasteiger partial charge in [0.1, 0.15) is 27.9 Å². The molecule has 3 aromatic carbocycles. The summed E-state index contributed by atoms with van der Waals surface area (Å²) in [5.74, 6) is 0. The van der Waals surface area contributed by atoms with Gasteiger partial charge in [-0.3, -0.25) is 0 Å². The van der Waals surface area contributed by atoms with E-state index in [1.165, 1.54) is 72.3 Å². The van der Waals surface area contributed by atoms with Crippen molar-refractivity contribution in [3.8, 4) is 22.5 Å². The summed E-state index contributed by atoms with van der Waals surface area (Å²) in [6, 6.07) is 29.1. The molecule has 3 heteroatoms. The minimum Gasteiger partial charge on any atom is -0.454 e. The van der Waals surface area contributed by atoms with E-state index in [2.05, 4.69) is 121 Å². The predicted octanol–water partition coefficient (Wildman–Crippen LogP) is 7.08. The lowest BCUT2D eigenvalue weighted by atomic mass is 9.89. The van der Waals surface area contributed by atoms with Crippen LogP contribution in [0.3, 0.4) is 0 Å². The van der Waals surface area contributed by atoms with Crippen LogP contribution in [0.15, 0.2) is 101 Å². The Balaban J connectivity index is 1.48. The molecule has 0 amide bonds. The van der Waals surface area contributed by atoms with Gasteiger partial charge in [0, 0.05) is 40.1 Å². The van der Waals surface area contributed by atoms with Crippen LogP contribution >= 0.6 is 0 Å². The average molecular weight is 491 g/mol. The molecule has 9 rings (SSSR count). The number of hydrogen-bond acceptors (Lipinski definition) is 1. The normalized spacial score (nSPS) is 18.3. The highest BCUT2D eigenvalue weighted by molar-refractivity contribution is 6.13. The molecule has 2 aliphatic heterocycles. The van der Waals surface area contributed by atoms with Gasteiger partial charge in [-0.05, 0) is 74.7 Å². The highest BCUT2D eigenvalue weighted by atomic mass is 16.3. The molecule has 0 fully saturated rings. The van der Waals surface area contributed by atoms with E-state index < -0.39 is 5.66 Å². The van der Waals surface area contributed by atoms with E-state index in [-0.39, 0.29) is 0 Å². The lowest BCUT2D eigenvalue weighted by Crippen LogP contribution is -2.71. The topological polar surface area (TPSA) is 20.9 Å². The summed E-state index contributed by atoms with van der Waals surface area (Å²) in [5.41, 5.74) is 15.7. The summed E-state index contributed by atoms with van der Waals surface area (Å²) in [6.45, 7) is 6.66. The maximum absolute atomic E-state index is 6.97. The summed E-state index contributed by atoms with van der Waals surface area (Å²) >= 11 is 0. The molecule has 3 nitrogen and oxygen atoms in total. The Kier molecular flexibility index (Phi) is 3.61. The van der Waals surface area contributed by atoms with Gasteiger partial charge in [0.2, 0.25) is 11.4 Å². The SMILES string of the molecule is CC1=C(C)c2c(ccc3c2oc2c4c(ccc23)C2(c3ccccc3-c3cccc[n+]32)[n+]2cc(C)ccc2-4)C1. The number of allylic oxidation sites excluding steroid dienone is 2. The summed E-state index contributed by atoms with van der Waals surface area (Å²) in [7, 11) is 0. The first-order valence-electron chi connectivity index (χ1n) is 13.4. The van der Waals surface area contributed by atoms with Gasteiger partial charge in [-0.25, -0.2) is 0 Å². The number of aromatic nitrogens is 2. The molecule has 0 N–H and O–H groups in total. The fraction of sp³-hybridized carbons (Fsp3) is 0.143. The number of pyridine rings is 2. The maximum atomic E-state index is 6.97. The Morgan fingerprint density at radius 1 is 0.684 bits per heavy atom. The average Bonchev–Trinajstić information content (AvgIpc) is 3.63. The molecule has 3 aliphatic rings. The quantitative estimate of drug-likeness (QED) is 0.208. The van der Waals surface area contributed by atoms with E-state index in [4.69, 9.17) is 4.42 Å². The van der Waals surface area contributed by atoms with Crippen molar-refractivity contribution in [1.82, 2.24) is 0 Å². The lowest BCUT2D eigenvalue weighted by Gasteiger charge is -2.17. The zero-order valence-corrected chi connectivity index (χ0v) is 21.7. The van der Waals surface area contributed by atoms with Crippen molar-refractivity contribution < 1.29 is 13.6 Å². The van der Waals surface area contributed by atoms with Gasteiger partial charge < -0.3 is 4.42 Å². The molecule has 1 atom stereocenters. The van der Waals surface area contributed by atoms with E-state index in [1.54, 1.807) is 0 Å². The number of fused-ring (bicyclic) bond motifs is 16. The van der Waals surface area contributed by atoms with Gasteiger partial charge in [0.25, 0.3) is 0 Å². The summed E-state index contributed by atoms with van der Waals surface area (Å²) in [5, 5.41) is 2.39. The largest absolute Gasteiger partial charge is 0.454 e. The number of hydrogen-bond donors (Lipinski definition) is 0. The Labute approximate surface area is 220 Å². The van der Waals surface area contributed by atoms with E-state index in [0.29, 0.717) is 0 Å². The van der Waals surface area contributed by atoms with Gasteiger partial charge >= 0.3 is 5.66 Å². The molecule has 0 saturated carbocycles. The van der Waals surface area contributed by atoms with Gasteiger partial charge in [0.05, 0.1) is 5.56 Å². The van der Waals surface area contributed by atoms with Crippen LogP contribution in [0.2, 0.25) is 0 Å². The monoisotopic (exact) mass is 490 g/mol. The fourth-order valence-electron chi connectivity index (χ4n) is 7.49. The molecule has 6 aromatic rings. The van der Waals surface area contributed by atoms with Crippen LogP contribution in [0.5, 0.6) is 0 Å².